The third-order valence-electron chi connectivity index (χ3n) is 6.76. The van der Waals surface area contributed by atoms with Crippen molar-refractivity contribution >= 4 is 33.8 Å². The van der Waals surface area contributed by atoms with E-state index >= 15 is 0 Å². The minimum Gasteiger partial charge on any atom is -0.377 e. The maximum absolute atomic E-state index is 5.72. The van der Waals surface area contributed by atoms with Gasteiger partial charge in [0.1, 0.15) is 5.82 Å². The van der Waals surface area contributed by atoms with Crippen molar-refractivity contribution in [2.45, 2.75) is 32.4 Å². The number of rotatable bonds is 4. The van der Waals surface area contributed by atoms with Crippen LogP contribution >= 0.6 is 0 Å². The van der Waals surface area contributed by atoms with Gasteiger partial charge in [0, 0.05) is 35.8 Å². The van der Waals surface area contributed by atoms with Gasteiger partial charge in [0.05, 0.1) is 38.5 Å². The molecule has 4 aromatic rings. The van der Waals surface area contributed by atoms with Gasteiger partial charge in [-0.1, -0.05) is 19.1 Å². The van der Waals surface area contributed by atoms with E-state index in [1.165, 1.54) is 0 Å². The summed E-state index contributed by atoms with van der Waals surface area (Å²) in [6.45, 7) is 8.66. The Morgan fingerprint density at radius 3 is 2.73 bits per heavy atom. The Labute approximate surface area is 192 Å². The number of aromatic nitrogens is 5. The second kappa shape index (κ2) is 8.31. The number of anilines is 2. The van der Waals surface area contributed by atoms with Crippen LogP contribution in [0.3, 0.4) is 0 Å². The van der Waals surface area contributed by atoms with Gasteiger partial charge in [-0.25, -0.2) is 4.98 Å². The predicted octanol–water partition coefficient (Wildman–Crippen LogP) is 3.34. The maximum atomic E-state index is 5.72. The Bertz CT molecular complexity index is 1280. The lowest BCUT2D eigenvalue weighted by atomic mass is 10.1. The van der Waals surface area contributed by atoms with Crippen molar-refractivity contribution < 1.29 is 9.47 Å². The summed E-state index contributed by atoms with van der Waals surface area (Å²) >= 11 is 0. The van der Waals surface area contributed by atoms with E-state index in [9.17, 15) is 0 Å². The van der Waals surface area contributed by atoms with E-state index in [0.29, 0.717) is 26.4 Å². The smallest absolute Gasteiger partial charge is 0.229 e. The lowest BCUT2D eigenvalue weighted by molar-refractivity contribution is 0.0920. The molecule has 9 nitrogen and oxygen atoms in total. The van der Waals surface area contributed by atoms with E-state index in [1.807, 2.05) is 12.3 Å². The number of nitrogens with zero attached hydrogens (tertiary/aromatic N) is 5. The summed E-state index contributed by atoms with van der Waals surface area (Å²) in [5, 5.41) is 1.13. The minimum atomic E-state index is 0.213. The van der Waals surface area contributed by atoms with Gasteiger partial charge in [0.15, 0.2) is 17.0 Å². The molecule has 172 valence electrons. The van der Waals surface area contributed by atoms with Gasteiger partial charge < -0.3 is 29.2 Å². The van der Waals surface area contributed by atoms with Crippen LogP contribution in [0.4, 0.5) is 11.8 Å². The average molecular weight is 448 g/mol. The molecule has 2 saturated heterocycles. The monoisotopic (exact) mass is 447 g/mol. The Hall–Kier alpha value is -3.17. The fraction of sp³-hybridized carbons (Fsp3) is 0.458. The number of hydrogen-bond donors (Lipinski definition) is 2. The number of benzene rings is 1. The number of ether oxygens (including phenoxy) is 2. The zero-order valence-electron chi connectivity index (χ0n) is 19.0. The number of imidazole rings is 1. The number of hydrogen-bond acceptors (Lipinski definition) is 7. The topological polar surface area (TPSA) is 95.2 Å². The number of nitrogens with one attached hydrogen (secondary N) is 2. The molecule has 0 spiro atoms. The molecular formula is C24H29N7O2. The van der Waals surface area contributed by atoms with E-state index in [1.54, 1.807) is 0 Å². The minimum absolute atomic E-state index is 0.213. The number of fused-ring (bicyclic) bond motifs is 2. The molecule has 2 N–H and O–H groups in total. The molecule has 0 amide bonds. The van der Waals surface area contributed by atoms with Crippen molar-refractivity contribution in [1.29, 1.82) is 0 Å². The Balaban J connectivity index is 1.53. The largest absolute Gasteiger partial charge is 0.377 e. The highest BCUT2D eigenvalue weighted by atomic mass is 16.5. The van der Waals surface area contributed by atoms with Crippen molar-refractivity contribution in [3.63, 3.8) is 0 Å². The first kappa shape index (κ1) is 20.4. The molecule has 2 aliphatic heterocycles. The van der Waals surface area contributed by atoms with E-state index in [-0.39, 0.29) is 12.1 Å². The average Bonchev–Trinajstić information content (AvgIpc) is 3.51. The SMILES string of the molecule is CC[C@@H]1COCCN1c1nc(N2CCOC[C@H]2C)c2nc(-c3cccc4[nH]ccc34)[nH]c2n1. The van der Waals surface area contributed by atoms with Crippen LogP contribution in [0.5, 0.6) is 0 Å². The maximum Gasteiger partial charge on any atom is 0.229 e. The summed E-state index contributed by atoms with van der Waals surface area (Å²) in [7, 11) is 0. The fourth-order valence-electron chi connectivity index (χ4n) is 4.92. The van der Waals surface area contributed by atoms with E-state index in [0.717, 1.165) is 64.7 Å². The van der Waals surface area contributed by atoms with Crippen molar-refractivity contribution in [2.75, 3.05) is 49.3 Å². The quantitative estimate of drug-likeness (QED) is 0.495. The summed E-state index contributed by atoms with van der Waals surface area (Å²) in [5.41, 5.74) is 3.70. The predicted molar refractivity (Wildman–Crippen MR) is 129 cm³/mol. The Morgan fingerprint density at radius 2 is 1.88 bits per heavy atom. The number of aromatic amines is 2. The summed E-state index contributed by atoms with van der Waals surface area (Å²) in [5.74, 6) is 2.41. The summed E-state index contributed by atoms with van der Waals surface area (Å²) in [6.07, 6.45) is 2.94. The van der Waals surface area contributed by atoms with Gasteiger partial charge >= 0.3 is 0 Å². The van der Waals surface area contributed by atoms with Crippen LogP contribution in [0.2, 0.25) is 0 Å². The van der Waals surface area contributed by atoms with Gasteiger partial charge in [-0.05, 0) is 25.5 Å². The Morgan fingerprint density at radius 1 is 1.03 bits per heavy atom. The van der Waals surface area contributed by atoms with Crippen LogP contribution in [-0.2, 0) is 9.47 Å². The second-order valence-corrected chi connectivity index (χ2v) is 8.82. The third-order valence-corrected chi connectivity index (χ3v) is 6.76. The molecule has 1 aromatic carbocycles. The van der Waals surface area contributed by atoms with E-state index in [2.05, 4.69) is 51.8 Å². The lowest BCUT2D eigenvalue weighted by Gasteiger charge is -2.37. The van der Waals surface area contributed by atoms with Gasteiger partial charge in [-0.15, -0.1) is 0 Å². The highest BCUT2D eigenvalue weighted by Crippen LogP contribution is 2.33. The molecule has 3 aromatic heterocycles. The van der Waals surface area contributed by atoms with E-state index in [4.69, 9.17) is 24.4 Å². The van der Waals surface area contributed by atoms with Crippen molar-refractivity contribution in [3.05, 3.63) is 30.5 Å². The van der Waals surface area contributed by atoms with Crippen LogP contribution in [0.1, 0.15) is 20.3 Å². The third kappa shape index (κ3) is 3.52. The van der Waals surface area contributed by atoms with E-state index < -0.39 is 0 Å². The van der Waals surface area contributed by atoms with Crippen LogP contribution in [0, 0.1) is 0 Å². The second-order valence-electron chi connectivity index (χ2n) is 8.82. The molecule has 9 heteroatoms. The highest BCUT2D eigenvalue weighted by Gasteiger charge is 2.29. The molecule has 2 aliphatic rings. The van der Waals surface area contributed by atoms with Crippen molar-refractivity contribution in [2.24, 2.45) is 0 Å². The van der Waals surface area contributed by atoms with Gasteiger partial charge in [-0.3, -0.25) is 0 Å². The highest BCUT2D eigenvalue weighted by molar-refractivity contribution is 5.96. The van der Waals surface area contributed by atoms with Gasteiger partial charge in [-0.2, -0.15) is 9.97 Å². The van der Waals surface area contributed by atoms with Crippen molar-refractivity contribution in [3.8, 4) is 11.4 Å². The lowest BCUT2D eigenvalue weighted by Crippen LogP contribution is -2.47. The number of H-pyrrole nitrogens is 2. The molecule has 2 atom stereocenters. The zero-order chi connectivity index (χ0) is 22.4. The summed E-state index contributed by atoms with van der Waals surface area (Å²) in [4.78, 5) is 26.5. The van der Waals surface area contributed by atoms with Crippen LogP contribution in [0.25, 0.3) is 33.5 Å². The molecule has 0 aliphatic carbocycles. The van der Waals surface area contributed by atoms with Crippen LogP contribution in [-0.4, -0.2) is 76.5 Å². The summed E-state index contributed by atoms with van der Waals surface area (Å²) < 4.78 is 11.4. The molecule has 5 heterocycles. The fourth-order valence-corrected chi connectivity index (χ4v) is 4.92. The molecule has 0 radical (unpaired) electrons. The first-order valence-electron chi connectivity index (χ1n) is 11.8. The molecule has 0 unspecified atom stereocenters. The Kier molecular flexibility index (Phi) is 5.15. The standard InChI is InChI=1S/C24H29N7O2/c1-3-16-14-33-12-10-31(16)24-28-22-20(23(29-24)30-9-11-32-13-15(30)2)26-21(27-22)18-5-4-6-19-17(18)7-8-25-19/h4-8,15-16,25H,3,9-14H2,1-2H3,(H,26,27,28,29)/t15-,16-/m1/s1. The van der Waals surface area contributed by atoms with Crippen molar-refractivity contribution in [1.82, 2.24) is 24.9 Å². The van der Waals surface area contributed by atoms with Gasteiger partial charge in [0.2, 0.25) is 5.95 Å². The number of morpholine rings is 2. The first-order chi connectivity index (χ1) is 16.2. The zero-order valence-corrected chi connectivity index (χ0v) is 19.0. The van der Waals surface area contributed by atoms with Crippen LogP contribution < -0.4 is 9.80 Å². The van der Waals surface area contributed by atoms with Gasteiger partial charge in [0.25, 0.3) is 0 Å². The molecule has 6 rings (SSSR count). The van der Waals surface area contributed by atoms with Crippen LogP contribution in [0.15, 0.2) is 30.5 Å². The molecular weight excluding hydrogens is 418 g/mol. The molecule has 0 bridgehead atoms. The molecule has 2 fully saturated rings. The normalized spacial score (nSPS) is 21.9. The summed E-state index contributed by atoms with van der Waals surface area (Å²) in [6, 6.07) is 8.77. The molecule has 0 saturated carbocycles. The molecule has 33 heavy (non-hydrogen) atoms. The first-order valence-corrected chi connectivity index (χ1v) is 11.8.